The van der Waals surface area contributed by atoms with E-state index in [2.05, 4.69) is 20.8 Å². The minimum atomic E-state index is -0.214. The van der Waals surface area contributed by atoms with Gasteiger partial charge in [0, 0.05) is 12.6 Å². The van der Waals surface area contributed by atoms with E-state index in [-0.39, 0.29) is 30.2 Å². The van der Waals surface area contributed by atoms with Gasteiger partial charge < -0.3 is 19.9 Å². The van der Waals surface area contributed by atoms with Gasteiger partial charge in [0.05, 0.1) is 25.4 Å². The molecule has 1 aromatic heterocycles. The van der Waals surface area contributed by atoms with Crippen LogP contribution in [0.15, 0.2) is 59.8 Å². The summed E-state index contributed by atoms with van der Waals surface area (Å²) in [6.07, 6.45) is 0. The third-order valence-electron chi connectivity index (χ3n) is 4.69. The van der Waals surface area contributed by atoms with E-state index in [0.29, 0.717) is 22.3 Å². The van der Waals surface area contributed by atoms with Gasteiger partial charge in [0.1, 0.15) is 5.75 Å². The molecule has 3 rings (SSSR count). The Morgan fingerprint density at radius 3 is 2.48 bits per heavy atom. The van der Waals surface area contributed by atoms with E-state index in [0.717, 1.165) is 5.56 Å². The number of hydrogen-bond donors (Lipinski definition) is 2. The number of carbonyl (C=O) groups is 2. The third kappa shape index (κ3) is 6.08. The lowest BCUT2D eigenvalue weighted by molar-refractivity contribution is -0.119. The van der Waals surface area contributed by atoms with Crippen molar-refractivity contribution in [1.82, 2.24) is 25.4 Å². The minimum absolute atomic E-state index is 0.0717. The van der Waals surface area contributed by atoms with Gasteiger partial charge in [-0.3, -0.25) is 9.59 Å². The molecule has 0 fully saturated rings. The fraction of sp³-hybridized carbons (Fsp3) is 0.273. The minimum Gasteiger partial charge on any atom is -0.497 e. The predicted octanol–water partition coefficient (Wildman–Crippen LogP) is 2.72. The second kappa shape index (κ2) is 10.6. The second-order valence-electron chi connectivity index (χ2n) is 6.86. The first-order valence-corrected chi connectivity index (χ1v) is 10.7. The number of rotatable bonds is 9. The molecule has 0 saturated carbocycles. The standard InChI is InChI=1S/C22H25N5O3S/c1-15(16-7-5-4-6-8-16)24-20(28)14-31-22-26-25-19(27(22)2)13-23-21(29)17-9-11-18(30-3)12-10-17/h4-12,15H,13-14H2,1-3H3,(H,23,29)(H,24,28). The average Bonchev–Trinajstić information content (AvgIpc) is 3.16. The van der Waals surface area contributed by atoms with Crippen LogP contribution in [0.3, 0.4) is 0 Å². The zero-order valence-corrected chi connectivity index (χ0v) is 18.5. The summed E-state index contributed by atoms with van der Waals surface area (Å²) in [5.74, 6) is 1.21. The Labute approximate surface area is 185 Å². The Morgan fingerprint density at radius 2 is 1.81 bits per heavy atom. The number of nitrogens with zero attached hydrogens (tertiary/aromatic N) is 3. The highest BCUT2D eigenvalue weighted by molar-refractivity contribution is 7.99. The van der Waals surface area contributed by atoms with Gasteiger partial charge in [-0.1, -0.05) is 42.1 Å². The number of amides is 2. The SMILES string of the molecule is COc1ccc(C(=O)NCc2nnc(SCC(=O)NC(C)c3ccccc3)n2C)cc1. The van der Waals surface area contributed by atoms with Crippen LogP contribution < -0.4 is 15.4 Å². The molecule has 0 saturated heterocycles. The van der Waals surface area contributed by atoms with Crippen LogP contribution in [-0.2, 0) is 18.4 Å². The van der Waals surface area contributed by atoms with Crippen LogP contribution in [0.4, 0.5) is 0 Å². The Kier molecular flexibility index (Phi) is 7.66. The highest BCUT2D eigenvalue weighted by Gasteiger charge is 2.14. The average molecular weight is 440 g/mol. The molecule has 9 heteroatoms. The highest BCUT2D eigenvalue weighted by Crippen LogP contribution is 2.17. The molecule has 31 heavy (non-hydrogen) atoms. The van der Waals surface area contributed by atoms with Gasteiger partial charge in [-0.15, -0.1) is 10.2 Å². The predicted molar refractivity (Wildman–Crippen MR) is 119 cm³/mol. The van der Waals surface area contributed by atoms with Gasteiger partial charge in [-0.2, -0.15) is 0 Å². The summed E-state index contributed by atoms with van der Waals surface area (Å²) in [6.45, 7) is 2.18. The van der Waals surface area contributed by atoms with E-state index < -0.39 is 0 Å². The monoisotopic (exact) mass is 439 g/mol. The molecular formula is C22H25N5O3S. The van der Waals surface area contributed by atoms with E-state index in [1.807, 2.05) is 44.3 Å². The third-order valence-corrected chi connectivity index (χ3v) is 5.71. The van der Waals surface area contributed by atoms with Crippen LogP contribution in [0.1, 0.15) is 34.7 Å². The molecule has 0 aliphatic rings. The van der Waals surface area contributed by atoms with Crippen LogP contribution in [0.2, 0.25) is 0 Å². The summed E-state index contributed by atoms with van der Waals surface area (Å²) < 4.78 is 6.87. The maximum absolute atomic E-state index is 12.3. The summed E-state index contributed by atoms with van der Waals surface area (Å²) in [6, 6.07) is 16.6. The molecule has 0 spiro atoms. The number of methoxy groups -OCH3 is 1. The summed E-state index contributed by atoms with van der Waals surface area (Å²) >= 11 is 1.30. The fourth-order valence-corrected chi connectivity index (χ4v) is 3.61. The van der Waals surface area contributed by atoms with Crippen molar-refractivity contribution in [2.45, 2.75) is 24.7 Å². The molecule has 3 aromatic rings. The summed E-state index contributed by atoms with van der Waals surface area (Å²) in [5, 5.41) is 14.7. The van der Waals surface area contributed by atoms with Gasteiger partial charge in [-0.05, 0) is 36.8 Å². The maximum Gasteiger partial charge on any atom is 0.251 e. The van der Waals surface area contributed by atoms with Crippen molar-refractivity contribution in [3.8, 4) is 5.75 Å². The topological polar surface area (TPSA) is 98.1 Å². The van der Waals surface area contributed by atoms with E-state index in [4.69, 9.17) is 4.74 Å². The molecule has 1 atom stereocenters. The van der Waals surface area contributed by atoms with Crippen molar-refractivity contribution in [3.63, 3.8) is 0 Å². The number of ether oxygens (including phenoxy) is 1. The van der Waals surface area contributed by atoms with E-state index in [1.165, 1.54) is 11.8 Å². The number of nitrogens with one attached hydrogen (secondary N) is 2. The molecule has 2 aromatic carbocycles. The van der Waals surface area contributed by atoms with E-state index >= 15 is 0 Å². The Morgan fingerprint density at radius 1 is 1.10 bits per heavy atom. The molecule has 1 heterocycles. The normalized spacial score (nSPS) is 11.6. The first-order chi connectivity index (χ1) is 15.0. The van der Waals surface area contributed by atoms with Crippen LogP contribution in [0.25, 0.3) is 0 Å². The van der Waals surface area contributed by atoms with Gasteiger partial charge >= 0.3 is 0 Å². The van der Waals surface area contributed by atoms with Crippen molar-refractivity contribution >= 4 is 23.6 Å². The number of benzene rings is 2. The van der Waals surface area contributed by atoms with Crippen molar-refractivity contribution < 1.29 is 14.3 Å². The van der Waals surface area contributed by atoms with Crippen LogP contribution >= 0.6 is 11.8 Å². The zero-order valence-electron chi connectivity index (χ0n) is 17.7. The molecule has 162 valence electrons. The molecule has 2 amide bonds. The molecule has 0 aliphatic carbocycles. The maximum atomic E-state index is 12.3. The molecule has 1 unspecified atom stereocenters. The Hall–Kier alpha value is -3.33. The lowest BCUT2D eigenvalue weighted by Gasteiger charge is -2.14. The lowest BCUT2D eigenvalue weighted by atomic mass is 10.1. The van der Waals surface area contributed by atoms with Crippen LogP contribution in [0.5, 0.6) is 5.75 Å². The molecule has 0 bridgehead atoms. The first-order valence-electron chi connectivity index (χ1n) is 9.75. The molecule has 0 aliphatic heterocycles. The van der Waals surface area contributed by atoms with Crippen molar-refractivity contribution in [2.24, 2.45) is 7.05 Å². The number of hydrogen-bond acceptors (Lipinski definition) is 6. The smallest absolute Gasteiger partial charge is 0.251 e. The van der Waals surface area contributed by atoms with Crippen LogP contribution in [0, 0.1) is 0 Å². The highest BCUT2D eigenvalue weighted by atomic mass is 32.2. The second-order valence-corrected chi connectivity index (χ2v) is 7.80. The largest absolute Gasteiger partial charge is 0.497 e. The first kappa shape index (κ1) is 22.4. The molecule has 8 nitrogen and oxygen atoms in total. The fourth-order valence-electron chi connectivity index (χ4n) is 2.87. The summed E-state index contributed by atoms with van der Waals surface area (Å²) in [4.78, 5) is 24.6. The number of thioether (sulfide) groups is 1. The van der Waals surface area contributed by atoms with Gasteiger partial charge in [0.25, 0.3) is 5.91 Å². The Bertz CT molecular complexity index is 1020. The summed E-state index contributed by atoms with van der Waals surface area (Å²) in [7, 11) is 3.38. The number of carbonyl (C=O) groups excluding carboxylic acids is 2. The quantitative estimate of drug-likeness (QED) is 0.498. The van der Waals surface area contributed by atoms with E-state index in [9.17, 15) is 9.59 Å². The van der Waals surface area contributed by atoms with Crippen LogP contribution in [-0.4, -0.2) is 39.4 Å². The summed E-state index contributed by atoms with van der Waals surface area (Å²) in [5.41, 5.74) is 1.58. The Balaban J connectivity index is 1.49. The van der Waals surface area contributed by atoms with Gasteiger partial charge in [-0.25, -0.2) is 0 Å². The lowest BCUT2D eigenvalue weighted by Crippen LogP contribution is -2.28. The molecule has 0 radical (unpaired) electrons. The molecule has 2 N–H and O–H groups in total. The van der Waals surface area contributed by atoms with E-state index in [1.54, 1.807) is 35.9 Å². The van der Waals surface area contributed by atoms with Crippen molar-refractivity contribution in [3.05, 3.63) is 71.5 Å². The number of aromatic nitrogens is 3. The molecular weight excluding hydrogens is 414 g/mol. The zero-order chi connectivity index (χ0) is 22.2. The van der Waals surface area contributed by atoms with Crippen molar-refractivity contribution in [1.29, 1.82) is 0 Å². The van der Waals surface area contributed by atoms with Gasteiger partial charge in [0.2, 0.25) is 5.91 Å². The van der Waals surface area contributed by atoms with Gasteiger partial charge in [0.15, 0.2) is 11.0 Å². The van der Waals surface area contributed by atoms with Crippen molar-refractivity contribution in [2.75, 3.05) is 12.9 Å².